The fraction of sp³-hybridized carbons (Fsp3) is 0.208. The van der Waals surface area contributed by atoms with Gasteiger partial charge in [0, 0.05) is 11.9 Å². The molecule has 2 aromatic carbocycles. The molecule has 160 valence electrons. The molecule has 0 spiro atoms. The summed E-state index contributed by atoms with van der Waals surface area (Å²) < 4.78 is 19.6. The summed E-state index contributed by atoms with van der Waals surface area (Å²) in [4.78, 5) is 37.3. The first-order chi connectivity index (χ1) is 15.0. The molecular weight excluding hydrogens is 399 g/mol. The number of aromatic nitrogens is 1. The lowest BCUT2D eigenvalue weighted by molar-refractivity contribution is 0.0499. The van der Waals surface area contributed by atoms with Gasteiger partial charge in [-0.15, -0.1) is 0 Å². The van der Waals surface area contributed by atoms with Gasteiger partial charge in [-0.1, -0.05) is 25.5 Å². The molecule has 0 saturated heterocycles. The van der Waals surface area contributed by atoms with Crippen molar-refractivity contribution >= 4 is 17.6 Å². The van der Waals surface area contributed by atoms with Crippen molar-refractivity contribution in [2.75, 3.05) is 11.9 Å². The van der Waals surface area contributed by atoms with Gasteiger partial charge in [0.2, 0.25) is 0 Å². The number of anilines is 1. The summed E-state index contributed by atoms with van der Waals surface area (Å²) in [5, 5.41) is 2.66. The normalized spacial score (nSPS) is 10.5. The van der Waals surface area contributed by atoms with E-state index in [-0.39, 0.29) is 17.9 Å². The van der Waals surface area contributed by atoms with Crippen molar-refractivity contribution in [1.29, 1.82) is 0 Å². The van der Waals surface area contributed by atoms with E-state index in [4.69, 9.17) is 4.74 Å². The second-order valence-electron chi connectivity index (χ2n) is 7.00. The van der Waals surface area contributed by atoms with Crippen LogP contribution in [0.25, 0.3) is 0 Å². The first-order valence-corrected chi connectivity index (χ1v) is 10.0. The number of rotatable bonds is 8. The SMILES string of the molecule is CCCCOC(=O)c1ccc(NC(=O)c2cccn(Cc3ccc(F)cc3)c2=O)cc1. The highest BCUT2D eigenvalue weighted by molar-refractivity contribution is 6.04. The monoisotopic (exact) mass is 422 g/mol. The zero-order chi connectivity index (χ0) is 22.2. The predicted molar refractivity (Wildman–Crippen MR) is 116 cm³/mol. The Labute approximate surface area is 179 Å². The maximum absolute atomic E-state index is 13.1. The Morgan fingerprint density at radius 2 is 1.74 bits per heavy atom. The van der Waals surface area contributed by atoms with E-state index in [0.29, 0.717) is 17.9 Å². The van der Waals surface area contributed by atoms with Crippen molar-refractivity contribution in [2.24, 2.45) is 0 Å². The minimum atomic E-state index is -0.559. The van der Waals surface area contributed by atoms with Crippen molar-refractivity contribution < 1.29 is 18.7 Å². The molecule has 1 heterocycles. The molecule has 1 N–H and O–H groups in total. The second kappa shape index (κ2) is 10.3. The largest absolute Gasteiger partial charge is 0.462 e. The fourth-order valence-corrected chi connectivity index (χ4v) is 2.90. The molecule has 3 rings (SSSR count). The molecule has 31 heavy (non-hydrogen) atoms. The van der Waals surface area contributed by atoms with Gasteiger partial charge in [0.25, 0.3) is 11.5 Å². The smallest absolute Gasteiger partial charge is 0.338 e. The van der Waals surface area contributed by atoms with Crippen molar-refractivity contribution in [3.8, 4) is 0 Å². The number of nitrogens with one attached hydrogen (secondary N) is 1. The van der Waals surface area contributed by atoms with Gasteiger partial charge in [0.15, 0.2) is 0 Å². The average molecular weight is 422 g/mol. The molecule has 1 amide bonds. The standard InChI is InChI=1S/C24H23FN2O4/c1-2-3-15-31-24(30)18-8-12-20(13-9-18)26-22(28)21-5-4-14-27(23(21)29)16-17-6-10-19(25)11-7-17/h4-14H,2-3,15-16H2,1H3,(H,26,28). The minimum Gasteiger partial charge on any atom is -0.462 e. The molecule has 0 saturated carbocycles. The Balaban J connectivity index is 1.68. The molecule has 0 aliphatic rings. The summed E-state index contributed by atoms with van der Waals surface area (Å²) >= 11 is 0. The zero-order valence-electron chi connectivity index (χ0n) is 17.1. The fourth-order valence-electron chi connectivity index (χ4n) is 2.90. The number of amides is 1. The molecule has 6 nitrogen and oxygen atoms in total. The van der Waals surface area contributed by atoms with Crippen molar-refractivity contribution in [2.45, 2.75) is 26.3 Å². The first kappa shape index (κ1) is 22.0. The quantitative estimate of drug-likeness (QED) is 0.435. The molecule has 0 unspecified atom stereocenters. The third-order valence-electron chi connectivity index (χ3n) is 4.64. The van der Waals surface area contributed by atoms with Gasteiger partial charge < -0.3 is 14.6 Å². The molecule has 0 fully saturated rings. The summed E-state index contributed by atoms with van der Waals surface area (Å²) in [6.07, 6.45) is 3.31. The van der Waals surface area contributed by atoms with E-state index in [1.54, 1.807) is 48.7 Å². The van der Waals surface area contributed by atoms with Crippen LogP contribution in [0.3, 0.4) is 0 Å². The van der Waals surface area contributed by atoms with Gasteiger partial charge in [-0.2, -0.15) is 0 Å². The number of halogens is 1. The number of nitrogens with zero attached hydrogens (tertiary/aromatic N) is 1. The molecule has 0 atom stereocenters. The summed E-state index contributed by atoms with van der Waals surface area (Å²) in [5.74, 6) is -1.33. The number of hydrogen-bond acceptors (Lipinski definition) is 4. The lowest BCUT2D eigenvalue weighted by Gasteiger charge is -2.10. The average Bonchev–Trinajstić information content (AvgIpc) is 2.77. The highest BCUT2D eigenvalue weighted by Crippen LogP contribution is 2.12. The van der Waals surface area contributed by atoms with E-state index >= 15 is 0 Å². The summed E-state index contributed by atoms with van der Waals surface area (Å²) in [7, 11) is 0. The summed E-state index contributed by atoms with van der Waals surface area (Å²) in [6.45, 7) is 2.59. The predicted octanol–water partition coefficient (Wildman–Crippen LogP) is 4.24. The van der Waals surface area contributed by atoms with Crippen LogP contribution in [-0.4, -0.2) is 23.1 Å². The Kier molecular flexibility index (Phi) is 7.32. The Morgan fingerprint density at radius 3 is 2.42 bits per heavy atom. The van der Waals surface area contributed by atoms with Gasteiger partial charge in [-0.3, -0.25) is 9.59 Å². The Hall–Kier alpha value is -3.74. The molecular formula is C24H23FN2O4. The molecule has 0 aliphatic carbocycles. The topological polar surface area (TPSA) is 77.4 Å². The van der Waals surface area contributed by atoms with E-state index in [2.05, 4.69) is 5.32 Å². The highest BCUT2D eigenvalue weighted by atomic mass is 19.1. The van der Waals surface area contributed by atoms with Gasteiger partial charge in [0.05, 0.1) is 18.7 Å². The van der Waals surface area contributed by atoms with Gasteiger partial charge >= 0.3 is 5.97 Å². The van der Waals surface area contributed by atoms with Crippen molar-refractivity contribution in [3.63, 3.8) is 0 Å². The van der Waals surface area contributed by atoms with Gasteiger partial charge in [-0.25, -0.2) is 9.18 Å². The Bertz CT molecular complexity index is 1110. The van der Waals surface area contributed by atoms with Crippen LogP contribution in [-0.2, 0) is 11.3 Å². The van der Waals surface area contributed by atoms with Crippen LogP contribution < -0.4 is 10.9 Å². The highest BCUT2D eigenvalue weighted by Gasteiger charge is 2.13. The van der Waals surface area contributed by atoms with Crippen molar-refractivity contribution in [1.82, 2.24) is 4.57 Å². The number of carbonyl (C=O) groups excluding carboxylic acids is 2. The third kappa shape index (κ3) is 5.88. The molecule has 0 bridgehead atoms. The minimum absolute atomic E-state index is 0.0207. The van der Waals surface area contributed by atoms with Crippen LogP contribution in [0.2, 0.25) is 0 Å². The van der Waals surface area contributed by atoms with Gasteiger partial charge in [0.1, 0.15) is 11.4 Å². The van der Waals surface area contributed by atoms with E-state index < -0.39 is 17.4 Å². The number of esters is 1. The summed E-state index contributed by atoms with van der Waals surface area (Å²) in [5.41, 5.74) is 1.09. The number of benzene rings is 2. The molecule has 3 aromatic rings. The number of pyridine rings is 1. The van der Waals surface area contributed by atoms with Gasteiger partial charge in [-0.05, 0) is 60.5 Å². The maximum Gasteiger partial charge on any atom is 0.338 e. The van der Waals surface area contributed by atoms with Crippen LogP contribution in [0.1, 0.15) is 46.0 Å². The van der Waals surface area contributed by atoms with E-state index in [1.165, 1.54) is 22.8 Å². The van der Waals surface area contributed by atoms with Crippen molar-refractivity contribution in [3.05, 3.63) is 99.7 Å². The maximum atomic E-state index is 13.1. The molecule has 0 aliphatic heterocycles. The lowest BCUT2D eigenvalue weighted by Crippen LogP contribution is -2.29. The van der Waals surface area contributed by atoms with Crippen LogP contribution in [0.4, 0.5) is 10.1 Å². The number of hydrogen-bond donors (Lipinski definition) is 1. The van der Waals surface area contributed by atoms with Crippen LogP contribution in [0, 0.1) is 5.82 Å². The first-order valence-electron chi connectivity index (χ1n) is 10.0. The zero-order valence-corrected chi connectivity index (χ0v) is 17.1. The molecule has 7 heteroatoms. The van der Waals surface area contributed by atoms with E-state index in [0.717, 1.165) is 18.4 Å². The van der Waals surface area contributed by atoms with Crippen LogP contribution >= 0.6 is 0 Å². The number of unbranched alkanes of at least 4 members (excludes halogenated alkanes) is 1. The second-order valence-corrected chi connectivity index (χ2v) is 7.00. The Morgan fingerprint density at radius 1 is 1.03 bits per heavy atom. The number of ether oxygens (including phenoxy) is 1. The summed E-state index contributed by atoms with van der Waals surface area (Å²) in [6, 6.07) is 15.1. The molecule has 1 aromatic heterocycles. The van der Waals surface area contributed by atoms with E-state index in [9.17, 15) is 18.8 Å². The lowest BCUT2D eigenvalue weighted by atomic mass is 10.2. The third-order valence-corrected chi connectivity index (χ3v) is 4.64. The van der Waals surface area contributed by atoms with Crippen LogP contribution in [0.5, 0.6) is 0 Å². The van der Waals surface area contributed by atoms with Crippen LogP contribution in [0.15, 0.2) is 71.7 Å². The van der Waals surface area contributed by atoms with E-state index in [1.807, 2.05) is 6.92 Å². The number of carbonyl (C=O) groups is 2. The molecule has 0 radical (unpaired) electrons.